The van der Waals surface area contributed by atoms with Gasteiger partial charge in [0.15, 0.2) is 0 Å². The predicted molar refractivity (Wildman–Crippen MR) is 57.3 cm³/mol. The van der Waals surface area contributed by atoms with Gasteiger partial charge in [0.05, 0.1) is 0 Å². The fourth-order valence-corrected chi connectivity index (χ4v) is 1.04. The van der Waals surface area contributed by atoms with E-state index in [1.165, 1.54) is 11.1 Å². The molecule has 0 saturated heterocycles. The highest BCUT2D eigenvalue weighted by Crippen LogP contribution is 2.00. The summed E-state index contributed by atoms with van der Waals surface area (Å²) < 4.78 is 0. The van der Waals surface area contributed by atoms with Gasteiger partial charge >= 0.3 is 0 Å². The van der Waals surface area contributed by atoms with E-state index in [4.69, 9.17) is 7.85 Å². The first kappa shape index (κ1) is 11.3. The van der Waals surface area contributed by atoms with Gasteiger partial charge < -0.3 is 0 Å². The maximum Gasteiger partial charge on any atom is 0.114 e. The van der Waals surface area contributed by atoms with Gasteiger partial charge in [0.2, 0.25) is 0 Å². The summed E-state index contributed by atoms with van der Waals surface area (Å²) in [5.41, 5.74) is 3.44. The molecule has 0 N–H and O–H groups in total. The highest BCUT2D eigenvalue weighted by atomic mass is 14.0. The first-order valence-corrected chi connectivity index (χ1v) is 4.59. The maximum absolute atomic E-state index is 5.70. The van der Waals surface area contributed by atoms with Crippen molar-refractivity contribution < 1.29 is 0 Å². The minimum absolute atomic E-state index is 0.910. The van der Waals surface area contributed by atoms with Crippen molar-refractivity contribution in [2.45, 2.75) is 34.1 Å². The Kier molecular flexibility index (Phi) is 5.52. The third-order valence-corrected chi connectivity index (χ3v) is 1.68. The van der Waals surface area contributed by atoms with Gasteiger partial charge in [-0.05, 0) is 13.3 Å². The van der Waals surface area contributed by atoms with E-state index in [1.807, 2.05) is 26.0 Å². The molecule has 0 fully saturated rings. The second-order valence-electron chi connectivity index (χ2n) is 2.56. The Hall–Kier alpha value is -0.715. The third kappa shape index (κ3) is 3.12. The lowest BCUT2D eigenvalue weighted by atomic mass is 9.88. The normalized spacial score (nSPS) is 8.67. The van der Waals surface area contributed by atoms with E-state index in [0.29, 0.717) is 0 Å². The molecule has 0 unspecified atom stereocenters. The van der Waals surface area contributed by atoms with Gasteiger partial charge in [-0.25, -0.2) is 0 Å². The zero-order chi connectivity index (χ0) is 9.56. The Balaban J connectivity index is 0.000000561. The lowest BCUT2D eigenvalue weighted by molar-refractivity contribution is 1.15. The molecule has 1 aromatic carbocycles. The number of hydrogen-bond acceptors (Lipinski definition) is 0. The Morgan fingerprint density at radius 2 is 1.83 bits per heavy atom. The van der Waals surface area contributed by atoms with Crippen LogP contribution in [0.5, 0.6) is 0 Å². The number of benzene rings is 1. The van der Waals surface area contributed by atoms with Crippen LogP contribution in [0.3, 0.4) is 0 Å². The average molecular weight is 160 g/mol. The summed E-state index contributed by atoms with van der Waals surface area (Å²) in [4.78, 5) is 0. The van der Waals surface area contributed by atoms with E-state index >= 15 is 0 Å². The van der Waals surface area contributed by atoms with Gasteiger partial charge in [-0.2, -0.15) is 0 Å². The zero-order valence-corrected chi connectivity index (χ0v) is 8.52. The molecule has 0 aliphatic carbocycles. The molecule has 0 amide bonds. The van der Waals surface area contributed by atoms with E-state index in [0.717, 1.165) is 11.9 Å². The summed E-state index contributed by atoms with van der Waals surface area (Å²) in [5, 5.41) is 0. The molecule has 0 heterocycles. The van der Waals surface area contributed by atoms with Crippen molar-refractivity contribution in [3.8, 4) is 0 Å². The van der Waals surface area contributed by atoms with Crippen molar-refractivity contribution in [2.24, 2.45) is 0 Å². The quantitative estimate of drug-likeness (QED) is 0.553. The third-order valence-electron chi connectivity index (χ3n) is 1.68. The Bertz CT molecular complexity index is 228. The molecule has 0 aromatic heterocycles. The van der Waals surface area contributed by atoms with Crippen LogP contribution in [0, 0.1) is 6.92 Å². The largest absolute Gasteiger partial charge is 0.114 e. The molecule has 1 rings (SSSR count). The van der Waals surface area contributed by atoms with E-state index < -0.39 is 0 Å². The topological polar surface area (TPSA) is 0 Å². The number of hydrogen-bond donors (Lipinski definition) is 0. The molecule has 0 spiro atoms. The molecule has 1 aromatic rings. The summed E-state index contributed by atoms with van der Waals surface area (Å²) >= 11 is 0. The van der Waals surface area contributed by atoms with Crippen molar-refractivity contribution in [2.75, 3.05) is 0 Å². The Morgan fingerprint density at radius 3 is 2.25 bits per heavy atom. The fraction of sp³-hybridized carbons (Fsp3) is 0.455. The highest BCUT2D eigenvalue weighted by Gasteiger charge is 1.93. The molecule has 64 valence electrons. The van der Waals surface area contributed by atoms with Crippen LogP contribution in [-0.4, -0.2) is 7.85 Å². The molecule has 0 aliphatic rings. The summed E-state index contributed by atoms with van der Waals surface area (Å²) in [5.74, 6) is 0. The first-order chi connectivity index (χ1) is 5.74. The first-order valence-electron chi connectivity index (χ1n) is 4.59. The van der Waals surface area contributed by atoms with E-state index in [9.17, 15) is 0 Å². The van der Waals surface area contributed by atoms with E-state index in [-0.39, 0.29) is 0 Å². The second-order valence-corrected chi connectivity index (χ2v) is 2.56. The predicted octanol–water partition coefficient (Wildman–Crippen LogP) is 2.38. The van der Waals surface area contributed by atoms with Gasteiger partial charge in [-0.3, -0.25) is 0 Å². The Labute approximate surface area is 77.4 Å². The van der Waals surface area contributed by atoms with Crippen molar-refractivity contribution in [3.63, 3.8) is 0 Å². The van der Waals surface area contributed by atoms with Gasteiger partial charge in [0.1, 0.15) is 7.85 Å². The molecule has 0 bridgehead atoms. The zero-order valence-electron chi connectivity index (χ0n) is 8.52. The van der Waals surface area contributed by atoms with Crippen LogP contribution in [0.15, 0.2) is 18.2 Å². The molecule has 0 nitrogen and oxygen atoms in total. The molecule has 0 saturated carbocycles. The minimum atomic E-state index is 0.910. The summed E-state index contributed by atoms with van der Waals surface area (Å²) in [6, 6.07) is 6.14. The lowest BCUT2D eigenvalue weighted by Gasteiger charge is -2.02. The average Bonchev–Trinajstić information content (AvgIpc) is 2.13. The maximum atomic E-state index is 5.70. The Morgan fingerprint density at radius 1 is 1.25 bits per heavy atom. The van der Waals surface area contributed by atoms with Gasteiger partial charge in [-0.1, -0.05) is 55.6 Å². The standard InChI is InChI=1S/C9H11B.C2H6/c1-3-8-6-7(2)4-5-9(8)10;1-2/h4-6H,3H2,1-2H3;1-2H3. The number of aryl methyl sites for hydroxylation is 2. The van der Waals surface area contributed by atoms with Gasteiger partial charge in [-0.15, -0.1) is 0 Å². The van der Waals surface area contributed by atoms with Crippen LogP contribution in [-0.2, 0) is 6.42 Å². The van der Waals surface area contributed by atoms with Crippen LogP contribution in [0.4, 0.5) is 0 Å². The van der Waals surface area contributed by atoms with Crippen molar-refractivity contribution in [1.29, 1.82) is 0 Å². The molecule has 0 atom stereocenters. The van der Waals surface area contributed by atoms with Crippen molar-refractivity contribution in [1.82, 2.24) is 0 Å². The minimum Gasteiger partial charge on any atom is -0.0935 e. The van der Waals surface area contributed by atoms with Crippen molar-refractivity contribution >= 4 is 13.3 Å². The smallest absolute Gasteiger partial charge is 0.0935 e. The number of rotatable bonds is 1. The molecular weight excluding hydrogens is 143 g/mol. The molecule has 12 heavy (non-hydrogen) atoms. The monoisotopic (exact) mass is 160 g/mol. The van der Waals surface area contributed by atoms with Crippen LogP contribution < -0.4 is 5.46 Å². The van der Waals surface area contributed by atoms with Gasteiger partial charge in [0.25, 0.3) is 0 Å². The molecular formula is C11H17B. The van der Waals surface area contributed by atoms with E-state index in [1.54, 1.807) is 0 Å². The summed E-state index contributed by atoms with van der Waals surface area (Å²) in [6.45, 7) is 8.20. The summed E-state index contributed by atoms with van der Waals surface area (Å²) in [7, 11) is 5.70. The highest BCUT2D eigenvalue weighted by molar-refractivity contribution is 6.33. The van der Waals surface area contributed by atoms with E-state index in [2.05, 4.69) is 19.9 Å². The van der Waals surface area contributed by atoms with Crippen molar-refractivity contribution in [3.05, 3.63) is 29.3 Å². The summed E-state index contributed by atoms with van der Waals surface area (Å²) in [6.07, 6.45) is 1.02. The molecule has 0 aliphatic heterocycles. The molecule has 1 heteroatoms. The SMILES string of the molecule is CC.[B]c1ccc(C)cc1CC. The molecule has 2 radical (unpaired) electrons. The van der Waals surface area contributed by atoms with Crippen LogP contribution in [0.1, 0.15) is 31.9 Å². The second kappa shape index (κ2) is 5.88. The lowest BCUT2D eigenvalue weighted by Crippen LogP contribution is -2.08. The van der Waals surface area contributed by atoms with Gasteiger partial charge in [0, 0.05) is 0 Å². The van der Waals surface area contributed by atoms with Crippen LogP contribution >= 0.6 is 0 Å². The fourth-order valence-electron chi connectivity index (χ4n) is 1.04. The van der Waals surface area contributed by atoms with Crippen LogP contribution in [0.2, 0.25) is 0 Å². The van der Waals surface area contributed by atoms with Crippen LogP contribution in [0.25, 0.3) is 0 Å².